The second-order valence-electron chi connectivity index (χ2n) is 3.88. The molecule has 0 atom stereocenters. The number of rotatable bonds is 3. The van der Waals surface area contributed by atoms with Crippen molar-refractivity contribution in [1.82, 2.24) is 0 Å². The van der Waals surface area contributed by atoms with Crippen molar-refractivity contribution in [2.75, 3.05) is 0 Å². The number of thiol groups is 1. The molecule has 2 rings (SSSR count). The largest absolute Gasteiger partial charge is 0.421 e. The maximum absolute atomic E-state index is 11.6. The molecule has 0 radical (unpaired) electrons. The van der Waals surface area contributed by atoms with E-state index in [1.165, 1.54) is 6.07 Å². The monoisotopic (exact) mass is 310 g/mol. The summed E-state index contributed by atoms with van der Waals surface area (Å²) >= 11 is 4.10. The van der Waals surface area contributed by atoms with E-state index in [2.05, 4.69) is 19.2 Å². The molecule has 0 heterocycles. The fourth-order valence-electron chi connectivity index (χ4n) is 1.78. The molecule has 0 spiro atoms. The first kappa shape index (κ1) is 14.6. The maximum Gasteiger partial charge on any atom is 0.335 e. The molecule has 0 bridgehead atoms. The van der Waals surface area contributed by atoms with Crippen molar-refractivity contribution in [3.63, 3.8) is 0 Å². The first-order valence-electron chi connectivity index (χ1n) is 5.41. The van der Waals surface area contributed by atoms with E-state index in [-0.39, 0.29) is 16.0 Å². The Kier molecular flexibility index (Phi) is 3.85. The van der Waals surface area contributed by atoms with Crippen molar-refractivity contribution in [1.29, 1.82) is 0 Å². The van der Waals surface area contributed by atoms with Crippen molar-refractivity contribution >= 4 is 39.5 Å². The van der Waals surface area contributed by atoms with E-state index in [0.29, 0.717) is 5.39 Å². The van der Waals surface area contributed by atoms with Crippen LogP contribution < -0.4 is 4.74 Å². The van der Waals surface area contributed by atoms with E-state index < -0.39 is 21.0 Å². The molecule has 7 heteroatoms. The highest BCUT2D eigenvalue weighted by Gasteiger charge is 2.24. The van der Waals surface area contributed by atoms with Crippen LogP contribution in [0.25, 0.3) is 10.8 Å². The van der Waals surface area contributed by atoms with E-state index in [9.17, 15) is 17.8 Å². The normalized spacial score (nSPS) is 11.3. The number of fused-ring (bicyclic) bond motifs is 1. The van der Waals surface area contributed by atoms with Crippen LogP contribution in [0.5, 0.6) is 5.75 Å². The van der Waals surface area contributed by atoms with E-state index in [1.807, 2.05) is 0 Å². The Hall–Kier alpha value is -1.83. The van der Waals surface area contributed by atoms with E-state index in [0.717, 1.165) is 6.08 Å². The molecular weight excluding hydrogens is 300 g/mol. The minimum absolute atomic E-state index is 0.117. The molecule has 2 aromatic carbocycles. The summed E-state index contributed by atoms with van der Waals surface area (Å²) in [5, 5.41) is 0.781. The van der Waals surface area contributed by atoms with Gasteiger partial charge in [-0.3, -0.25) is 4.55 Å². The summed E-state index contributed by atoms with van der Waals surface area (Å²) < 4.78 is 37.5. The summed E-state index contributed by atoms with van der Waals surface area (Å²) in [5.41, 5.74) is 0. The highest BCUT2D eigenvalue weighted by molar-refractivity contribution is 7.86. The quantitative estimate of drug-likeness (QED) is 0.299. The lowest BCUT2D eigenvalue weighted by molar-refractivity contribution is -0.129. The van der Waals surface area contributed by atoms with Crippen molar-refractivity contribution < 1.29 is 22.5 Å². The second-order valence-corrected chi connectivity index (χ2v) is 5.72. The Bertz CT molecular complexity index is 809. The van der Waals surface area contributed by atoms with Crippen LogP contribution in [0.2, 0.25) is 0 Å². The van der Waals surface area contributed by atoms with Crippen LogP contribution in [0.4, 0.5) is 0 Å². The van der Waals surface area contributed by atoms with Gasteiger partial charge in [0.05, 0.1) is 0 Å². The van der Waals surface area contributed by atoms with Gasteiger partial charge in [0.1, 0.15) is 4.90 Å². The Morgan fingerprint density at radius 1 is 1.35 bits per heavy atom. The maximum atomic E-state index is 11.6. The minimum atomic E-state index is -4.60. The Morgan fingerprint density at radius 3 is 2.60 bits per heavy atom. The minimum Gasteiger partial charge on any atom is -0.421 e. The molecule has 0 saturated heterocycles. The summed E-state index contributed by atoms with van der Waals surface area (Å²) in [6.45, 7) is 3.23. The number of hydrogen-bond acceptors (Lipinski definition) is 5. The molecule has 5 nitrogen and oxygen atoms in total. The van der Waals surface area contributed by atoms with Crippen molar-refractivity contribution in [2.24, 2.45) is 0 Å². The van der Waals surface area contributed by atoms with E-state index >= 15 is 0 Å². The molecule has 0 aromatic heterocycles. The SMILES string of the molecule is C=CC(=O)Oc1c(S)cc2ccccc2c1S(=O)(=O)O. The zero-order valence-electron chi connectivity index (χ0n) is 10.1. The molecule has 1 N–H and O–H groups in total. The van der Waals surface area contributed by atoms with Crippen LogP contribution in [0.1, 0.15) is 0 Å². The van der Waals surface area contributed by atoms with Gasteiger partial charge in [-0.15, -0.1) is 12.6 Å². The van der Waals surface area contributed by atoms with Crippen molar-refractivity contribution in [3.8, 4) is 5.75 Å². The first-order chi connectivity index (χ1) is 9.34. The summed E-state index contributed by atoms with van der Waals surface area (Å²) in [5.74, 6) is -1.17. The fraction of sp³-hybridized carbons (Fsp3) is 0. The second kappa shape index (κ2) is 5.28. The number of carbonyl (C=O) groups is 1. The highest BCUT2D eigenvalue weighted by atomic mass is 32.2. The summed E-state index contributed by atoms with van der Waals surface area (Å²) in [6.07, 6.45) is 0.885. The van der Waals surface area contributed by atoms with Crippen LogP contribution in [0, 0.1) is 0 Å². The average Bonchev–Trinajstić information content (AvgIpc) is 2.37. The molecule has 0 unspecified atom stereocenters. The van der Waals surface area contributed by atoms with Gasteiger partial charge < -0.3 is 4.74 Å². The highest BCUT2D eigenvalue weighted by Crippen LogP contribution is 2.37. The zero-order valence-corrected chi connectivity index (χ0v) is 11.8. The predicted molar refractivity (Wildman–Crippen MR) is 76.8 cm³/mol. The molecule has 0 aliphatic carbocycles. The van der Waals surface area contributed by atoms with Gasteiger partial charge >= 0.3 is 5.97 Å². The number of ether oxygens (including phenoxy) is 1. The standard InChI is InChI=1S/C13H10O5S2/c1-2-11(14)18-12-10(19)7-8-5-3-4-6-9(8)13(12)20(15,16)17/h2-7,19H,1H2,(H,15,16,17). The number of carbonyl (C=O) groups excluding carboxylic acids is 1. The van der Waals surface area contributed by atoms with Gasteiger partial charge in [0.2, 0.25) is 0 Å². The molecule has 0 aliphatic heterocycles. The van der Waals surface area contributed by atoms with Gasteiger partial charge in [-0.2, -0.15) is 8.42 Å². The van der Waals surface area contributed by atoms with E-state index in [1.54, 1.807) is 24.3 Å². The lowest BCUT2D eigenvalue weighted by Gasteiger charge is -2.12. The lowest BCUT2D eigenvalue weighted by Crippen LogP contribution is -2.09. The summed E-state index contributed by atoms with van der Waals surface area (Å²) in [7, 11) is -4.60. The predicted octanol–water partition coefficient (Wildman–Crippen LogP) is 2.47. The van der Waals surface area contributed by atoms with Gasteiger partial charge in [-0.25, -0.2) is 4.79 Å². The number of esters is 1. The molecule has 0 amide bonds. The van der Waals surface area contributed by atoms with Crippen LogP contribution >= 0.6 is 12.6 Å². The number of benzene rings is 2. The molecule has 20 heavy (non-hydrogen) atoms. The Balaban J connectivity index is 2.88. The van der Waals surface area contributed by atoms with Gasteiger partial charge in [-0.05, 0) is 11.5 Å². The topological polar surface area (TPSA) is 80.7 Å². The fourth-order valence-corrected chi connectivity index (χ4v) is 3.00. The zero-order chi connectivity index (χ0) is 14.9. The van der Waals surface area contributed by atoms with Crippen molar-refractivity contribution in [2.45, 2.75) is 9.79 Å². The molecule has 0 fully saturated rings. The summed E-state index contributed by atoms with van der Waals surface area (Å²) in [4.78, 5) is 10.9. The van der Waals surface area contributed by atoms with Crippen LogP contribution in [-0.4, -0.2) is 18.9 Å². The molecular formula is C13H10O5S2. The smallest absolute Gasteiger partial charge is 0.335 e. The molecule has 104 valence electrons. The molecule has 0 saturated carbocycles. The molecule has 2 aromatic rings. The lowest BCUT2D eigenvalue weighted by atomic mass is 10.1. The number of hydrogen-bond donors (Lipinski definition) is 2. The van der Waals surface area contributed by atoms with Crippen LogP contribution in [0.3, 0.4) is 0 Å². The first-order valence-corrected chi connectivity index (χ1v) is 7.29. The Morgan fingerprint density at radius 2 is 2.00 bits per heavy atom. The Labute approximate surface area is 121 Å². The average molecular weight is 310 g/mol. The van der Waals surface area contributed by atoms with Crippen LogP contribution in [-0.2, 0) is 14.9 Å². The third-order valence-electron chi connectivity index (χ3n) is 2.56. The third-order valence-corrected chi connectivity index (χ3v) is 3.82. The van der Waals surface area contributed by atoms with Gasteiger partial charge in [0, 0.05) is 16.4 Å². The van der Waals surface area contributed by atoms with Gasteiger partial charge in [0.15, 0.2) is 5.75 Å². The van der Waals surface area contributed by atoms with Crippen LogP contribution in [0.15, 0.2) is 52.8 Å². The van der Waals surface area contributed by atoms with Crippen molar-refractivity contribution in [3.05, 3.63) is 43.0 Å². The summed E-state index contributed by atoms with van der Waals surface area (Å²) in [6, 6.07) is 8.01. The third kappa shape index (κ3) is 2.69. The van der Waals surface area contributed by atoms with Gasteiger partial charge in [-0.1, -0.05) is 30.8 Å². The van der Waals surface area contributed by atoms with E-state index in [4.69, 9.17) is 4.74 Å². The molecule has 0 aliphatic rings. The van der Waals surface area contributed by atoms with Gasteiger partial charge in [0.25, 0.3) is 10.1 Å².